The summed E-state index contributed by atoms with van der Waals surface area (Å²) in [5.41, 5.74) is 0. The molecule has 6 atom stereocenters. The highest BCUT2D eigenvalue weighted by atomic mass is 16.5. The van der Waals surface area contributed by atoms with E-state index in [0.29, 0.717) is 0 Å². The van der Waals surface area contributed by atoms with Crippen molar-refractivity contribution in [3.05, 3.63) is 0 Å². The molecule has 2 bridgehead atoms. The average Bonchev–Trinajstić information content (AvgIpc) is 2.36. The number of ketones is 1. The Morgan fingerprint density at radius 2 is 2.05 bits per heavy atom. The lowest BCUT2D eigenvalue weighted by Crippen LogP contribution is -2.63. The second kappa shape index (κ2) is 6.11. The lowest BCUT2D eigenvalue weighted by atomic mass is 9.75. The van der Waals surface area contributed by atoms with Crippen molar-refractivity contribution in [1.29, 1.82) is 0 Å². The molecule has 0 aromatic carbocycles. The van der Waals surface area contributed by atoms with Crippen molar-refractivity contribution in [2.75, 3.05) is 0 Å². The minimum Gasteiger partial charge on any atom is -0.390 e. The number of carbonyl (C=O) groups is 3. The molecule has 2 aliphatic rings. The van der Waals surface area contributed by atoms with Crippen LogP contribution in [-0.4, -0.2) is 53.1 Å². The van der Waals surface area contributed by atoms with Gasteiger partial charge in [0.05, 0.1) is 24.4 Å². The molecule has 118 valence electrons. The molecule has 2 amide bonds. The van der Waals surface area contributed by atoms with E-state index in [1.807, 2.05) is 6.92 Å². The molecule has 7 nitrogen and oxygen atoms in total. The first-order chi connectivity index (χ1) is 9.79. The second-order valence-electron chi connectivity index (χ2n) is 5.94. The number of Topliss-reactive ketones (excluding diaryl/α,β-unsaturated/α-hetero) is 1. The number of aliphatic hydroxyl groups excluding tert-OH is 1. The van der Waals surface area contributed by atoms with Gasteiger partial charge in [0, 0.05) is 25.7 Å². The first-order valence-electron chi connectivity index (χ1n) is 7.22. The third kappa shape index (κ3) is 3.41. The third-order valence-corrected chi connectivity index (χ3v) is 4.19. The number of ether oxygens (including phenoxy) is 1. The van der Waals surface area contributed by atoms with Crippen LogP contribution in [-0.2, 0) is 19.1 Å². The number of fused-ring (bicyclic) bond motifs is 2. The smallest absolute Gasteiger partial charge is 0.242 e. The molecule has 7 heteroatoms. The maximum absolute atomic E-state index is 12.1. The van der Waals surface area contributed by atoms with Crippen LogP contribution in [0.1, 0.15) is 33.6 Å². The first-order valence-corrected chi connectivity index (χ1v) is 7.22. The van der Waals surface area contributed by atoms with Gasteiger partial charge in [-0.25, -0.2) is 0 Å². The van der Waals surface area contributed by atoms with E-state index in [0.717, 1.165) is 0 Å². The molecule has 1 saturated heterocycles. The van der Waals surface area contributed by atoms with Gasteiger partial charge in [-0.05, 0) is 13.8 Å². The standard InChI is InChI=1S/C14H22N2O5/c1-6(15-8(3)17)14(20)16-12-7(2)21-11-5-9(18)4-10(12)13(11)19/h6-7,10-13,19H,4-5H2,1-3H3,(H,15,17)(H,16,20). The fraction of sp³-hybridized carbons (Fsp3) is 0.786. The van der Waals surface area contributed by atoms with Crippen molar-refractivity contribution in [2.24, 2.45) is 5.92 Å². The van der Waals surface area contributed by atoms with E-state index in [9.17, 15) is 19.5 Å². The molecule has 1 aliphatic heterocycles. The molecule has 1 heterocycles. The molecule has 0 radical (unpaired) electrons. The van der Waals surface area contributed by atoms with Crippen LogP contribution in [0.15, 0.2) is 0 Å². The van der Waals surface area contributed by atoms with Gasteiger partial charge >= 0.3 is 0 Å². The number of carbonyl (C=O) groups excluding carboxylic acids is 3. The van der Waals surface area contributed by atoms with Gasteiger partial charge in [0.25, 0.3) is 0 Å². The zero-order valence-corrected chi connectivity index (χ0v) is 12.5. The lowest BCUT2D eigenvalue weighted by Gasteiger charge is -2.47. The molecule has 0 aromatic rings. The van der Waals surface area contributed by atoms with Gasteiger partial charge in [0.2, 0.25) is 11.8 Å². The van der Waals surface area contributed by atoms with E-state index in [1.165, 1.54) is 6.92 Å². The van der Waals surface area contributed by atoms with Crippen LogP contribution in [0.25, 0.3) is 0 Å². The highest BCUT2D eigenvalue weighted by Gasteiger charge is 2.48. The molecule has 1 saturated carbocycles. The maximum atomic E-state index is 12.1. The maximum Gasteiger partial charge on any atom is 0.242 e. The van der Waals surface area contributed by atoms with Gasteiger partial charge in [0.15, 0.2) is 0 Å². The summed E-state index contributed by atoms with van der Waals surface area (Å²) in [6.45, 7) is 4.73. The summed E-state index contributed by atoms with van der Waals surface area (Å²) >= 11 is 0. The summed E-state index contributed by atoms with van der Waals surface area (Å²) in [4.78, 5) is 34.8. The largest absolute Gasteiger partial charge is 0.390 e. The Morgan fingerprint density at radius 1 is 1.38 bits per heavy atom. The van der Waals surface area contributed by atoms with Crippen molar-refractivity contribution in [3.8, 4) is 0 Å². The van der Waals surface area contributed by atoms with Gasteiger partial charge in [0.1, 0.15) is 11.8 Å². The quantitative estimate of drug-likeness (QED) is 0.628. The van der Waals surface area contributed by atoms with Gasteiger partial charge in [-0.1, -0.05) is 0 Å². The van der Waals surface area contributed by atoms with Crippen LogP contribution in [0.2, 0.25) is 0 Å². The van der Waals surface area contributed by atoms with Crippen LogP contribution in [0.4, 0.5) is 0 Å². The van der Waals surface area contributed by atoms with E-state index in [4.69, 9.17) is 4.74 Å². The number of hydrogen-bond acceptors (Lipinski definition) is 5. The van der Waals surface area contributed by atoms with Gasteiger partial charge in [-0.2, -0.15) is 0 Å². The van der Waals surface area contributed by atoms with E-state index in [2.05, 4.69) is 10.6 Å². The monoisotopic (exact) mass is 298 g/mol. The number of hydrogen-bond donors (Lipinski definition) is 3. The van der Waals surface area contributed by atoms with Crippen molar-refractivity contribution in [3.63, 3.8) is 0 Å². The Balaban J connectivity index is 2.05. The minimum atomic E-state index is -0.750. The van der Waals surface area contributed by atoms with Gasteiger partial charge < -0.3 is 20.5 Å². The third-order valence-electron chi connectivity index (χ3n) is 4.19. The number of aliphatic hydroxyl groups is 1. The molecule has 2 rings (SSSR count). The number of rotatable bonds is 3. The van der Waals surface area contributed by atoms with Crippen LogP contribution in [0.5, 0.6) is 0 Å². The molecule has 0 aromatic heterocycles. The lowest BCUT2D eigenvalue weighted by molar-refractivity contribution is -0.180. The summed E-state index contributed by atoms with van der Waals surface area (Å²) in [6.07, 6.45) is -1.05. The predicted molar refractivity (Wildman–Crippen MR) is 73.3 cm³/mol. The van der Waals surface area contributed by atoms with E-state index in [1.54, 1.807) is 6.92 Å². The highest BCUT2D eigenvalue weighted by Crippen LogP contribution is 2.35. The van der Waals surface area contributed by atoms with E-state index in [-0.39, 0.29) is 42.5 Å². The van der Waals surface area contributed by atoms with Crippen LogP contribution in [0.3, 0.4) is 0 Å². The summed E-state index contributed by atoms with van der Waals surface area (Å²) in [7, 11) is 0. The summed E-state index contributed by atoms with van der Waals surface area (Å²) in [6, 6.07) is -1.12. The van der Waals surface area contributed by atoms with Gasteiger partial charge in [-0.3, -0.25) is 14.4 Å². The molecule has 2 fully saturated rings. The Morgan fingerprint density at radius 3 is 2.67 bits per heavy atom. The fourth-order valence-electron chi connectivity index (χ4n) is 3.15. The van der Waals surface area contributed by atoms with Crippen molar-refractivity contribution >= 4 is 17.6 Å². The normalized spacial score (nSPS) is 36.8. The highest BCUT2D eigenvalue weighted by molar-refractivity contribution is 5.87. The Labute approximate surface area is 123 Å². The molecule has 21 heavy (non-hydrogen) atoms. The zero-order valence-electron chi connectivity index (χ0n) is 12.5. The molecular weight excluding hydrogens is 276 g/mol. The average molecular weight is 298 g/mol. The van der Waals surface area contributed by atoms with Gasteiger partial charge in [-0.15, -0.1) is 0 Å². The molecule has 6 unspecified atom stereocenters. The van der Waals surface area contributed by atoms with Crippen LogP contribution < -0.4 is 10.6 Å². The van der Waals surface area contributed by atoms with E-state index >= 15 is 0 Å². The summed E-state index contributed by atoms with van der Waals surface area (Å²) in [5.74, 6) is -0.947. The van der Waals surface area contributed by atoms with Crippen LogP contribution >= 0.6 is 0 Å². The Hall–Kier alpha value is -1.47. The molecule has 3 N–H and O–H groups in total. The molecular formula is C14H22N2O5. The van der Waals surface area contributed by atoms with Crippen LogP contribution in [0, 0.1) is 5.92 Å². The summed E-state index contributed by atoms with van der Waals surface area (Å²) in [5, 5.41) is 15.5. The first kappa shape index (κ1) is 15.9. The molecule has 1 aliphatic carbocycles. The Kier molecular flexibility index (Phi) is 4.63. The van der Waals surface area contributed by atoms with Crippen molar-refractivity contribution in [1.82, 2.24) is 10.6 Å². The summed E-state index contributed by atoms with van der Waals surface area (Å²) < 4.78 is 5.64. The number of amides is 2. The topological polar surface area (TPSA) is 105 Å². The SMILES string of the molecule is CC(=O)NC(C)C(=O)NC1C(C)OC2CC(=O)CC1C2O. The second-order valence-corrected chi connectivity index (χ2v) is 5.94. The molecule has 0 spiro atoms. The van der Waals surface area contributed by atoms with Crippen molar-refractivity contribution in [2.45, 2.75) is 64.0 Å². The Bertz CT molecular complexity index is 453. The van der Waals surface area contributed by atoms with Crippen molar-refractivity contribution < 1.29 is 24.2 Å². The zero-order chi connectivity index (χ0) is 15.7. The minimum absolute atomic E-state index is 0.0383. The van der Waals surface area contributed by atoms with E-state index < -0.39 is 24.3 Å². The predicted octanol–water partition coefficient (Wildman–Crippen LogP) is -0.877. The number of nitrogens with one attached hydrogen (secondary N) is 2. The fourth-order valence-corrected chi connectivity index (χ4v) is 3.15.